The van der Waals surface area contributed by atoms with E-state index in [9.17, 15) is 9.59 Å². The zero-order valence-electron chi connectivity index (χ0n) is 15.8. The number of hydrogen-bond donors (Lipinski definition) is 2. The number of rotatable bonds is 9. The Morgan fingerprint density at radius 2 is 2.00 bits per heavy atom. The van der Waals surface area contributed by atoms with Crippen LogP contribution in [-0.4, -0.2) is 35.4 Å². The maximum Gasteiger partial charge on any atom is 0.335 e. The van der Waals surface area contributed by atoms with Gasteiger partial charge >= 0.3 is 5.97 Å². The molecule has 1 aromatic rings. The number of carboxylic acid groups (broad SMARTS) is 1. The van der Waals surface area contributed by atoms with E-state index in [1.54, 1.807) is 12.1 Å². The first-order chi connectivity index (χ1) is 13.1. The minimum absolute atomic E-state index is 0.0350. The molecule has 146 valence electrons. The highest BCUT2D eigenvalue weighted by molar-refractivity contribution is 5.87. The molecule has 4 atom stereocenters. The first kappa shape index (κ1) is 19.5. The molecule has 3 rings (SSSR count). The SMILES string of the molecule is CCCCC(=O)NN=CC1C2CCC(O2)C1CCc1ccc(C(=O)O)cc1. The van der Waals surface area contributed by atoms with E-state index in [4.69, 9.17) is 9.84 Å². The summed E-state index contributed by atoms with van der Waals surface area (Å²) in [6.07, 6.45) is 8.69. The van der Waals surface area contributed by atoms with Gasteiger partial charge in [0.25, 0.3) is 0 Å². The van der Waals surface area contributed by atoms with E-state index in [0.29, 0.717) is 17.9 Å². The van der Waals surface area contributed by atoms with Crippen molar-refractivity contribution in [2.24, 2.45) is 16.9 Å². The summed E-state index contributed by atoms with van der Waals surface area (Å²) in [5.41, 5.74) is 4.08. The Balaban J connectivity index is 1.55. The lowest BCUT2D eigenvalue weighted by Gasteiger charge is -2.25. The molecule has 1 aromatic carbocycles. The molecule has 27 heavy (non-hydrogen) atoms. The van der Waals surface area contributed by atoms with Gasteiger partial charge in [0, 0.05) is 18.6 Å². The Kier molecular flexibility index (Phi) is 6.61. The molecule has 4 unspecified atom stereocenters. The molecule has 2 bridgehead atoms. The number of benzene rings is 1. The Morgan fingerprint density at radius 1 is 1.26 bits per heavy atom. The van der Waals surface area contributed by atoms with Crippen LogP contribution < -0.4 is 5.43 Å². The van der Waals surface area contributed by atoms with Crippen LogP contribution in [0.1, 0.15) is 61.4 Å². The molecule has 2 N–H and O–H groups in total. The molecule has 2 aliphatic rings. The number of nitrogens with one attached hydrogen (secondary N) is 1. The zero-order chi connectivity index (χ0) is 19.2. The molecule has 6 nitrogen and oxygen atoms in total. The minimum Gasteiger partial charge on any atom is -0.478 e. The highest BCUT2D eigenvalue weighted by Gasteiger charge is 2.47. The Morgan fingerprint density at radius 3 is 2.70 bits per heavy atom. The molecule has 0 radical (unpaired) electrons. The van der Waals surface area contributed by atoms with Crippen molar-refractivity contribution >= 4 is 18.1 Å². The fourth-order valence-corrected chi connectivity index (χ4v) is 4.13. The van der Waals surface area contributed by atoms with Gasteiger partial charge < -0.3 is 9.84 Å². The van der Waals surface area contributed by atoms with Gasteiger partial charge in [-0.3, -0.25) is 4.79 Å². The predicted octanol–water partition coefficient (Wildman–Crippen LogP) is 3.40. The first-order valence-corrected chi connectivity index (χ1v) is 9.88. The second-order valence-electron chi connectivity index (χ2n) is 7.49. The monoisotopic (exact) mass is 372 g/mol. The van der Waals surface area contributed by atoms with E-state index >= 15 is 0 Å². The highest BCUT2D eigenvalue weighted by Crippen LogP contribution is 2.44. The van der Waals surface area contributed by atoms with Gasteiger partial charge in [0.15, 0.2) is 0 Å². The number of fused-ring (bicyclic) bond motifs is 2. The molecule has 0 aromatic heterocycles. The van der Waals surface area contributed by atoms with Crippen LogP contribution in [-0.2, 0) is 16.0 Å². The fraction of sp³-hybridized carbons (Fsp3) is 0.571. The molecule has 1 amide bonds. The average molecular weight is 372 g/mol. The number of aromatic carboxylic acids is 1. The molecular weight excluding hydrogens is 344 g/mol. The molecule has 0 saturated carbocycles. The molecule has 0 aliphatic carbocycles. The largest absolute Gasteiger partial charge is 0.478 e. The number of aryl methyl sites for hydroxylation is 1. The van der Waals surface area contributed by atoms with Crippen molar-refractivity contribution < 1.29 is 19.4 Å². The third-order valence-corrected chi connectivity index (χ3v) is 5.65. The maximum atomic E-state index is 11.7. The van der Waals surface area contributed by atoms with Crippen molar-refractivity contribution in [1.82, 2.24) is 5.43 Å². The zero-order valence-corrected chi connectivity index (χ0v) is 15.8. The molecular formula is C21H28N2O4. The standard InChI is InChI=1S/C21H28N2O4/c1-2-3-4-20(24)23-22-13-17-16(18-11-12-19(17)27-18)10-7-14-5-8-15(9-6-14)21(25)26/h5-6,8-9,13,16-19H,2-4,7,10-12H2,1H3,(H,23,24)(H,25,26). The van der Waals surface area contributed by atoms with Gasteiger partial charge in [0.05, 0.1) is 17.8 Å². The van der Waals surface area contributed by atoms with Crippen LogP contribution in [0.5, 0.6) is 0 Å². The minimum atomic E-state index is -0.902. The Bertz CT molecular complexity index is 686. The third-order valence-electron chi connectivity index (χ3n) is 5.65. The number of hydrazone groups is 1. The van der Waals surface area contributed by atoms with Gasteiger partial charge in [-0.15, -0.1) is 0 Å². The summed E-state index contributed by atoms with van der Waals surface area (Å²) in [5.74, 6) is -0.319. The van der Waals surface area contributed by atoms with Gasteiger partial charge in [-0.2, -0.15) is 5.10 Å². The van der Waals surface area contributed by atoms with Crippen molar-refractivity contribution in [2.45, 2.75) is 64.1 Å². The first-order valence-electron chi connectivity index (χ1n) is 9.88. The van der Waals surface area contributed by atoms with Gasteiger partial charge in [0.2, 0.25) is 5.91 Å². The van der Waals surface area contributed by atoms with E-state index in [1.807, 2.05) is 18.3 Å². The maximum absolute atomic E-state index is 11.7. The van der Waals surface area contributed by atoms with Gasteiger partial charge in [0.1, 0.15) is 0 Å². The normalized spacial score (nSPS) is 26.6. The number of hydrogen-bond acceptors (Lipinski definition) is 4. The number of amides is 1. The van der Waals surface area contributed by atoms with Crippen molar-refractivity contribution in [3.8, 4) is 0 Å². The summed E-state index contributed by atoms with van der Waals surface area (Å²) in [4.78, 5) is 22.7. The quantitative estimate of drug-likeness (QED) is 0.514. The van der Waals surface area contributed by atoms with E-state index in [0.717, 1.165) is 44.1 Å². The second-order valence-corrected chi connectivity index (χ2v) is 7.49. The topological polar surface area (TPSA) is 88.0 Å². The Labute approximate surface area is 160 Å². The summed E-state index contributed by atoms with van der Waals surface area (Å²) in [5, 5.41) is 13.2. The van der Waals surface area contributed by atoms with E-state index in [2.05, 4.69) is 17.5 Å². The number of carbonyl (C=O) groups excluding carboxylic acids is 1. The molecule has 6 heteroatoms. The Hall–Kier alpha value is -2.21. The lowest BCUT2D eigenvalue weighted by molar-refractivity contribution is -0.121. The number of nitrogens with zero attached hydrogens (tertiary/aromatic N) is 1. The predicted molar refractivity (Wildman–Crippen MR) is 103 cm³/mol. The number of unbranched alkanes of at least 4 members (excludes halogenated alkanes) is 1. The highest BCUT2D eigenvalue weighted by atomic mass is 16.5. The van der Waals surface area contributed by atoms with Crippen LogP contribution in [0.15, 0.2) is 29.4 Å². The van der Waals surface area contributed by atoms with E-state index < -0.39 is 5.97 Å². The lowest BCUT2D eigenvalue weighted by atomic mass is 9.77. The van der Waals surface area contributed by atoms with Gasteiger partial charge in [-0.1, -0.05) is 25.5 Å². The van der Waals surface area contributed by atoms with Crippen LogP contribution >= 0.6 is 0 Å². The summed E-state index contributed by atoms with van der Waals surface area (Å²) in [6.45, 7) is 2.06. The van der Waals surface area contributed by atoms with Crippen LogP contribution in [0.3, 0.4) is 0 Å². The van der Waals surface area contributed by atoms with Crippen molar-refractivity contribution in [2.75, 3.05) is 0 Å². The molecule has 0 spiro atoms. The average Bonchev–Trinajstić information content (AvgIpc) is 3.27. The van der Waals surface area contributed by atoms with E-state index in [-0.39, 0.29) is 24.0 Å². The van der Waals surface area contributed by atoms with E-state index in [1.165, 1.54) is 0 Å². The lowest BCUT2D eigenvalue weighted by Crippen LogP contribution is -2.30. The van der Waals surface area contributed by atoms with Gasteiger partial charge in [-0.05, 0) is 55.7 Å². The molecule has 2 aliphatic heterocycles. The fourth-order valence-electron chi connectivity index (χ4n) is 4.13. The smallest absolute Gasteiger partial charge is 0.335 e. The van der Waals surface area contributed by atoms with Crippen molar-refractivity contribution in [3.05, 3.63) is 35.4 Å². The van der Waals surface area contributed by atoms with Crippen molar-refractivity contribution in [3.63, 3.8) is 0 Å². The number of carbonyl (C=O) groups is 2. The third kappa shape index (κ3) is 4.95. The molecule has 2 saturated heterocycles. The van der Waals surface area contributed by atoms with Crippen molar-refractivity contribution in [1.29, 1.82) is 0 Å². The van der Waals surface area contributed by atoms with Crippen LogP contribution in [0.25, 0.3) is 0 Å². The number of carboxylic acids is 1. The summed E-state index contributed by atoms with van der Waals surface area (Å²) < 4.78 is 6.08. The van der Waals surface area contributed by atoms with Crippen LogP contribution in [0, 0.1) is 11.8 Å². The summed E-state index contributed by atoms with van der Waals surface area (Å²) >= 11 is 0. The van der Waals surface area contributed by atoms with Gasteiger partial charge in [-0.25, -0.2) is 10.2 Å². The summed E-state index contributed by atoms with van der Waals surface area (Å²) in [7, 11) is 0. The second kappa shape index (κ2) is 9.13. The van der Waals surface area contributed by atoms with Crippen LogP contribution in [0.4, 0.5) is 0 Å². The van der Waals surface area contributed by atoms with Crippen LogP contribution in [0.2, 0.25) is 0 Å². The molecule has 2 fully saturated rings. The summed E-state index contributed by atoms with van der Waals surface area (Å²) in [6, 6.07) is 7.07. The molecule has 2 heterocycles. The number of ether oxygens (including phenoxy) is 1.